The molecule has 45 heavy (non-hydrogen) atoms. The highest BCUT2D eigenvalue weighted by atomic mass is 19.4. The van der Waals surface area contributed by atoms with Gasteiger partial charge in [-0.05, 0) is 61.8 Å². The SMILES string of the molecule is C/C=C/C(=O)NCC(=O)C12CC(Cc3cc4c(N5CCOCC5)nc(-c5cnc(NC(=O)OC)cc5C(F)(F)F)nn4c3)(C1)C2. The van der Waals surface area contributed by atoms with Crippen LogP contribution in [0.25, 0.3) is 16.9 Å². The van der Waals surface area contributed by atoms with E-state index in [0.717, 1.165) is 44.2 Å². The van der Waals surface area contributed by atoms with Crippen molar-refractivity contribution in [2.75, 3.05) is 50.2 Å². The van der Waals surface area contributed by atoms with Gasteiger partial charge in [-0.25, -0.2) is 19.3 Å². The molecule has 3 aliphatic carbocycles. The van der Waals surface area contributed by atoms with Crippen molar-refractivity contribution in [1.29, 1.82) is 0 Å². The third-order valence-electron chi connectivity index (χ3n) is 8.73. The number of rotatable bonds is 9. The van der Waals surface area contributed by atoms with E-state index in [9.17, 15) is 27.6 Å². The molecular weight excluding hydrogens is 595 g/mol. The second-order valence-corrected chi connectivity index (χ2v) is 11.9. The Morgan fingerprint density at radius 3 is 2.56 bits per heavy atom. The Morgan fingerprint density at radius 2 is 1.89 bits per heavy atom. The largest absolute Gasteiger partial charge is 0.453 e. The van der Waals surface area contributed by atoms with Gasteiger partial charge >= 0.3 is 12.3 Å². The molecule has 1 saturated heterocycles. The molecule has 0 atom stereocenters. The molecule has 1 aliphatic heterocycles. The summed E-state index contributed by atoms with van der Waals surface area (Å²) in [4.78, 5) is 46.7. The summed E-state index contributed by atoms with van der Waals surface area (Å²) in [5.41, 5.74) is -0.265. The number of halogens is 3. The average Bonchev–Trinajstić information content (AvgIpc) is 3.39. The van der Waals surface area contributed by atoms with Gasteiger partial charge in [-0.3, -0.25) is 14.9 Å². The van der Waals surface area contributed by atoms with Gasteiger partial charge < -0.3 is 19.7 Å². The van der Waals surface area contributed by atoms with Crippen molar-refractivity contribution in [3.05, 3.63) is 47.8 Å². The van der Waals surface area contributed by atoms with E-state index in [1.165, 1.54) is 6.08 Å². The maximum Gasteiger partial charge on any atom is 0.417 e. The molecule has 4 aliphatic rings. The summed E-state index contributed by atoms with van der Waals surface area (Å²) >= 11 is 0. The number of fused-ring (bicyclic) bond motifs is 1. The van der Waals surface area contributed by atoms with Crippen molar-refractivity contribution in [3.8, 4) is 11.4 Å². The fourth-order valence-electron chi connectivity index (χ4n) is 6.83. The first kappa shape index (κ1) is 30.5. The number of allylic oxidation sites excluding steroid dienone is 1. The van der Waals surface area contributed by atoms with Crippen LogP contribution in [0.3, 0.4) is 0 Å². The highest BCUT2D eigenvalue weighted by Gasteiger charge is 2.70. The fourth-order valence-corrected chi connectivity index (χ4v) is 6.83. The van der Waals surface area contributed by atoms with Crippen LogP contribution in [0, 0.1) is 10.8 Å². The summed E-state index contributed by atoms with van der Waals surface area (Å²) in [5.74, 6) is -0.288. The Balaban J connectivity index is 1.29. The summed E-state index contributed by atoms with van der Waals surface area (Å²) in [7, 11) is 1.09. The van der Waals surface area contributed by atoms with Crippen molar-refractivity contribution in [3.63, 3.8) is 0 Å². The van der Waals surface area contributed by atoms with Crippen LogP contribution in [0.15, 0.2) is 36.7 Å². The lowest BCUT2D eigenvalue weighted by molar-refractivity contribution is -0.203. The first-order chi connectivity index (χ1) is 21.4. The molecule has 4 heterocycles. The molecule has 2 amide bonds. The number of hydrogen-bond donors (Lipinski definition) is 2. The van der Waals surface area contributed by atoms with Gasteiger partial charge in [0.05, 0.1) is 38.0 Å². The van der Waals surface area contributed by atoms with Crippen molar-refractivity contribution < 1.29 is 37.0 Å². The number of Topliss-reactive ketones (excluding diaryl/α,β-unsaturated/α-hetero) is 1. The minimum absolute atomic E-state index is 0.00510. The number of ether oxygens (including phenoxy) is 2. The topological polar surface area (TPSA) is 140 Å². The van der Waals surface area contributed by atoms with Crippen LogP contribution >= 0.6 is 0 Å². The Hall–Kier alpha value is -4.53. The molecule has 15 heteroatoms. The number of hydrogen-bond acceptors (Lipinski definition) is 9. The van der Waals surface area contributed by atoms with Gasteiger partial charge in [-0.15, -0.1) is 5.10 Å². The molecule has 3 aromatic heterocycles. The first-order valence-corrected chi connectivity index (χ1v) is 14.5. The lowest BCUT2D eigenvalue weighted by atomic mass is 9.33. The van der Waals surface area contributed by atoms with Crippen molar-refractivity contribution in [2.24, 2.45) is 10.8 Å². The molecule has 238 valence electrons. The molecule has 2 N–H and O–H groups in total. The molecule has 4 fully saturated rings. The maximum absolute atomic E-state index is 14.2. The van der Waals surface area contributed by atoms with Gasteiger partial charge in [0.1, 0.15) is 11.3 Å². The Kier molecular flexibility index (Phi) is 7.75. The Morgan fingerprint density at radius 1 is 1.16 bits per heavy atom. The zero-order valence-electron chi connectivity index (χ0n) is 24.7. The Labute approximate surface area is 256 Å². The second-order valence-electron chi connectivity index (χ2n) is 11.9. The number of amides is 2. The molecule has 2 bridgehead atoms. The summed E-state index contributed by atoms with van der Waals surface area (Å²) in [6, 6.07) is 2.67. The molecular formula is C30H32F3N7O5. The molecule has 12 nitrogen and oxygen atoms in total. The van der Waals surface area contributed by atoms with E-state index in [-0.39, 0.29) is 40.9 Å². The van der Waals surface area contributed by atoms with E-state index in [2.05, 4.69) is 30.4 Å². The van der Waals surface area contributed by atoms with E-state index < -0.39 is 23.2 Å². The number of nitrogens with zero attached hydrogens (tertiary/aromatic N) is 5. The van der Waals surface area contributed by atoms with E-state index >= 15 is 0 Å². The predicted octanol–water partition coefficient (Wildman–Crippen LogP) is 3.80. The van der Waals surface area contributed by atoms with E-state index in [4.69, 9.17) is 4.74 Å². The van der Waals surface area contributed by atoms with Crippen LogP contribution in [0.4, 0.5) is 29.6 Å². The number of pyridine rings is 1. The zero-order chi connectivity index (χ0) is 32.0. The number of anilines is 2. The number of carbonyl (C=O) groups is 3. The maximum atomic E-state index is 14.2. The average molecular weight is 628 g/mol. The molecule has 3 saturated carbocycles. The van der Waals surface area contributed by atoms with Gasteiger partial charge in [-0.2, -0.15) is 13.2 Å². The smallest absolute Gasteiger partial charge is 0.417 e. The Bertz CT molecular complexity index is 1680. The lowest BCUT2D eigenvalue weighted by Gasteiger charge is -2.70. The normalized spacial score (nSPS) is 22.6. The summed E-state index contributed by atoms with van der Waals surface area (Å²) in [6.07, 6.45) is 2.89. The van der Waals surface area contributed by atoms with Gasteiger partial charge in [0, 0.05) is 30.9 Å². The number of morpholine rings is 1. The van der Waals surface area contributed by atoms with Gasteiger partial charge in [0.15, 0.2) is 17.4 Å². The molecule has 0 radical (unpaired) electrons. The molecule has 0 aromatic carbocycles. The number of aromatic nitrogens is 4. The van der Waals surface area contributed by atoms with E-state index in [1.54, 1.807) is 23.7 Å². The standard InChI is InChI=1S/C30H32F3N7O5/c1-3-4-24(42)35-13-22(41)29-15-28(16-29,17-29)11-18-9-21-26(39-5-7-45-8-6-39)37-25(38-40(21)14-18)19-12-34-23(36-27(43)44-2)10-20(19)30(31,32)33/h3-4,9-10,12,14H,5-8,11,13,15-17H2,1-2H3,(H,35,42)(H,34,36,43)/b4-3+. The summed E-state index contributed by atoms with van der Waals surface area (Å²) in [6.45, 7) is 3.61. The quantitative estimate of drug-likeness (QED) is 0.339. The van der Waals surface area contributed by atoms with Crippen LogP contribution in [-0.2, 0) is 31.7 Å². The predicted molar refractivity (Wildman–Crippen MR) is 156 cm³/mol. The van der Waals surface area contributed by atoms with Crippen LogP contribution in [-0.4, -0.2) is 77.3 Å². The summed E-state index contributed by atoms with van der Waals surface area (Å²) in [5, 5.41) is 9.28. The summed E-state index contributed by atoms with van der Waals surface area (Å²) < 4.78 is 54.2. The van der Waals surface area contributed by atoms with Crippen LogP contribution < -0.4 is 15.5 Å². The van der Waals surface area contributed by atoms with E-state index in [0.29, 0.717) is 44.1 Å². The number of nitrogens with one attached hydrogen (secondary N) is 2. The lowest BCUT2D eigenvalue weighted by Crippen LogP contribution is -2.67. The number of methoxy groups -OCH3 is 1. The monoisotopic (exact) mass is 627 g/mol. The highest BCUT2D eigenvalue weighted by molar-refractivity contribution is 5.95. The van der Waals surface area contributed by atoms with Crippen molar-refractivity contribution in [1.82, 2.24) is 24.9 Å². The van der Waals surface area contributed by atoms with Gasteiger partial charge in [0.25, 0.3) is 0 Å². The molecule has 0 spiro atoms. The zero-order valence-corrected chi connectivity index (χ0v) is 24.7. The van der Waals surface area contributed by atoms with Crippen molar-refractivity contribution >= 4 is 34.9 Å². The first-order valence-electron chi connectivity index (χ1n) is 14.5. The number of carbonyl (C=O) groups excluding carboxylic acids is 3. The molecule has 3 aromatic rings. The van der Waals surface area contributed by atoms with Crippen LogP contribution in [0.5, 0.6) is 0 Å². The van der Waals surface area contributed by atoms with Crippen LogP contribution in [0.1, 0.15) is 37.3 Å². The molecule has 0 unspecified atom stereocenters. The van der Waals surface area contributed by atoms with E-state index in [1.807, 2.05) is 11.0 Å². The third-order valence-corrected chi connectivity index (χ3v) is 8.73. The second kappa shape index (κ2) is 11.4. The highest BCUT2D eigenvalue weighted by Crippen LogP contribution is 2.74. The van der Waals surface area contributed by atoms with Crippen molar-refractivity contribution in [2.45, 2.75) is 38.8 Å². The minimum Gasteiger partial charge on any atom is -0.453 e. The van der Waals surface area contributed by atoms with Gasteiger partial charge in [0.2, 0.25) is 5.91 Å². The van der Waals surface area contributed by atoms with Crippen LogP contribution in [0.2, 0.25) is 0 Å². The minimum atomic E-state index is -4.79. The number of ketones is 1. The molecule has 7 rings (SSSR count). The number of alkyl halides is 3. The third kappa shape index (κ3) is 5.83. The van der Waals surface area contributed by atoms with Gasteiger partial charge in [-0.1, -0.05) is 6.08 Å². The fraction of sp³-hybridized carbons (Fsp3) is 0.467.